The molecule has 3 amide bonds. The van der Waals surface area contributed by atoms with Gasteiger partial charge in [-0.05, 0) is 44.1 Å². The van der Waals surface area contributed by atoms with Gasteiger partial charge in [0, 0.05) is 52.2 Å². The summed E-state index contributed by atoms with van der Waals surface area (Å²) in [7, 11) is 2.78. The fraction of sp³-hybridized carbons (Fsp3) is 0.448. The van der Waals surface area contributed by atoms with Crippen LogP contribution in [0.25, 0.3) is 11.3 Å². The molecular formula is C29H31ClF6N8O6. The number of rotatable bonds is 5. The van der Waals surface area contributed by atoms with E-state index >= 15 is 0 Å². The van der Waals surface area contributed by atoms with Crippen LogP contribution >= 0.6 is 11.6 Å². The van der Waals surface area contributed by atoms with Crippen LogP contribution in [0.4, 0.5) is 32.0 Å². The number of aryl methyl sites for hydroxylation is 1. The first-order chi connectivity index (χ1) is 23.2. The van der Waals surface area contributed by atoms with Crippen molar-refractivity contribution in [1.82, 2.24) is 34.4 Å². The zero-order chi connectivity index (χ0) is 37.2. The molecule has 2 aliphatic heterocycles. The molecule has 0 aliphatic carbocycles. The molecule has 0 bridgehead atoms. The Bertz CT molecular complexity index is 1760. The Kier molecular flexibility index (Phi) is 11.2. The summed E-state index contributed by atoms with van der Waals surface area (Å²) in [5.74, 6) is -4.27. The molecule has 0 spiro atoms. The zero-order valence-corrected chi connectivity index (χ0v) is 27.2. The summed E-state index contributed by atoms with van der Waals surface area (Å²) in [4.78, 5) is 55.1. The number of piperidine rings is 1. The summed E-state index contributed by atoms with van der Waals surface area (Å²) >= 11 is 6.41. The van der Waals surface area contributed by atoms with Gasteiger partial charge in [0.15, 0.2) is 11.5 Å². The monoisotopic (exact) mass is 736 g/mol. The Morgan fingerprint density at radius 3 is 2.10 bits per heavy atom. The number of carbonyl (C=O) groups excluding carboxylic acids is 3. The predicted molar refractivity (Wildman–Crippen MR) is 163 cm³/mol. The molecule has 14 nitrogen and oxygen atoms in total. The van der Waals surface area contributed by atoms with Gasteiger partial charge >= 0.3 is 18.3 Å². The summed E-state index contributed by atoms with van der Waals surface area (Å²) < 4.78 is 74.4. The van der Waals surface area contributed by atoms with Crippen LogP contribution < -0.4 is 10.6 Å². The Labute approximate surface area is 284 Å². The van der Waals surface area contributed by atoms with Gasteiger partial charge in [-0.2, -0.15) is 31.4 Å². The van der Waals surface area contributed by atoms with Gasteiger partial charge in [0.2, 0.25) is 0 Å². The van der Waals surface area contributed by atoms with Crippen LogP contribution in [0.15, 0.2) is 30.6 Å². The molecule has 1 aromatic carbocycles. The van der Waals surface area contributed by atoms with Gasteiger partial charge < -0.3 is 35.2 Å². The number of anilines is 1. The molecule has 5 rings (SSSR count). The standard InChI is InChI=1S/C27H30ClF3N8O4.C2HF3O2/c1-36-15-18(21(35-36)27(29,30)31)20-14-33-22(37(20)2)23(40)34-16-3-4-17(19(28)13-16)24(41)38-9-11-39(12-10-38)25(42)26(43)5-7-32-8-6-26;3-2(4,5)1(6)7/h3-4,13-15,32,43H,5-12H2,1-2H3,(H,34,40);(H,6,7). The van der Waals surface area contributed by atoms with Crippen molar-refractivity contribution in [3.63, 3.8) is 0 Å². The third-order valence-corrected chi connectivity index (χ3v) is 8.26. The number of carbonyl (C=O) groups is 4. The second kappa shape index (κ2) is 14.7. The highest BCUT2D eigenvalue weighted by atomic mass is 35.5. The zero-order valence-electron chi connectivity index (χ0n) is 26.4. The van der Waals surface area contributed by atoms with Gasteiger partial charge in [-0.1, -0.05) is 11.6 Å². The van der Waals surface area contributed by atoms with Crippen molar-refractivity contribution in [3.8, 4) is 11.3 Å². The smallest absolute Gasteiger partial charge is 0.475 e. The lowest BCUT2D eigenvalue weighted by Crippen LogP contribution is -2.59. The lowest BCUT2D eigenvalue weighted by Gasteiger charge is -2.40. The molecule has 2 aromatic heterocycles. The molecule has 272 valence electrons. The molecule has 2 aliphatic rings. The minimum atomic E-state index is -5.08. The quantitative estimate of drug-likeness (QED) is 0.287. The van der Waals surface area contributed by atoms with Crippen molar-refractivity contribution >= 4 is 41.0 Å². The van der Waals surface area contributed by atoms with Crippen LogP contribution in [-0.2, 0) is 29.9 Å². The highest BCUT2D eigenvalue weighted by Gasteiger charge is 2.42. The lowest BCUT2D eigenvalue weighted by atomic mass is 9.90. The van der Waals surface area contributed by atoms with Crippen LogP contribution in [0.2, 0.25) is 5.02 Å². The average molecular weight is 737 g/mol. The highest BCUT2D eigenvalue weighted by molar-refractivity contribution is 6.34. The fourth-order valence-corrected chi connectivity index (χ4v) is 5.60. The van der Waals surface area contributed by atoms with Crippen molar-refractivity contribution < 1.29 is 55.7 Å². The van der Waals surface area contributed by atoms with E-state index in [-0.39, 0.29) is 71.3 Å². The number of hydrogen-bond acceptors (Lipinski definition) is 8. The maximum atomic E-state index is 13.5. The molecule has 21 heteroatoms. The fourth-order valence-electron chi connectivity index (χ4n) is 5.34. The second-order valence-corrected chi connectivity index (χ2v) is 11.8. The van der Waals surface area contributed by atoms with Gasteiger partial charge in [0.1, 0.15) is 5.60 Å². The van der Waals surface area contributed by atoms with Gasteiger partial charge in [-0.15, -0.1) is 0 Å². The average Bonchev–Trinajstić information content (AvgIpc) is 3.63. The first-order valence-electron chi connectivity index (χ1n) is 14.8. The number of piperazine rings is 1. The predicted octanol–water partition coefficient (Wildman–Crippen LogP) is 2.78. The largest absolute Gasteiger partial charge is 0.490 e. The maximum absolute atomic E-state index is 13.5. The number of hydrogen-bond donors (Lipinski definition) is 4. The van der Waals surface area contributed by atoms with Crippen molar-refractivity contribution in [2.75, 3.05) is 44.6 Å². The minimum absolute atomic E-state index is 0.0521. The summed E-state index contributed by atoms with van der Waals surface area (Å²) in [6.07, 6.45) is -6.73. The molecule has 3 aromatic rings. The Hall–Kier alpha value is -4.69. The minimum Gasteiger partial charge on any atom is -0.475 e. The number of nitrogens with one attached hydrogen (secondary N) is 2. The number of aliphatic hydroxyl groups is 1. The van der Waals surface area contributed by atoms with Gasteiger partial charge in [0.05, 0.1) is 28.0 Å². The number of nitrogens with zero attached hydrogens (tertiary/aromatic N) is 6. The van der Waals surface area contributed by atoms with E-state index in [2.05, 4.69) is 20.7 Å². The van der Waals surface area contributed by atoms with E-state index in [1.165, 1.54) is 43.1 Å². The number of carboxylic acids is 1. The topological polar surface area (TPSA) is 175 Å². The third-order valence-electron chi connectivity index (χ3n) is 7.95. The normalized spacial score (nSPS) is 16.4. The van der Waals surface area contributed by atoms with Crippen LogP contribution in [0, 0.1) is 0 Å². The number of aliphatic carboxylic acids is 1. The SMILES string of the molecule is Cn1cc(-c2cnc(C(=O)Nc3ccc(C(=O)N4CCN(C(=O)C5(O)CCNCC5)CC4)c(Cl)c3)n2C)c(C(F)(F)F)n1.O=C(O)C(F)(F)F. The molecule has 2 fully saturated rings. The molecule has 4 heterocycles. The van der Waals surface area contributed by atoms with Crippen molar-refractivity contribution in [2.24, 2.45) is 14.1 Å². The van der Waals surface area contributed by atoms with Crippen LogP contribution in [-0.4, -0.2) is 114 Å². The number of aromatic nitrogens is 4. The Balaban J connectivity index is 0.000000727. The number of carboxylic acid groups (broad SMARTS) is 1. The molecular weight excluding hydrogens is 706 g/mol. The van der Waals surface area contributed by atoms with E-state index in [0.717, 1.165) is 10.9 Å². The number of alkyl halides is 6. The number of amides is 3. The second-order valence-electron chi connectivity index (χ2n) is 11.4. The van der Waals surface area contributed by atoms with E-state index in [4.69, 9.17) is 21.5 Å². The molecule has 0 unspecified atom stereocenters. The Morgan fingerprint density at radius 2 is 1.56 bits per heavy atom. The summed E-state index contributed by atoms with van der Waals surface area (Å²) in [6.45, 7) is 2.21. The van der Waals surface area contributed by atoms with Gasteiger partial charge in [-0.25, -0.2) is 9.78 Å². The summed E-state index contributed by atoms with van der Waals surface area (Å²) in [5, 5.41) is 27.2. The van der Waals surface area contributed by atoms with E-state index in [9.17, 15) is 45.8 Å². The summed E-state index contributed by atoms with van der Waals surface area (Å²) in [6, 6.07) is 4.34. The molecule has 0 radical (unpaired) electrons. The van der Waals surface area contributed by atoms with E-state index in [1.54, 1.807) is 9.80 Å². The number of halogens is 7. The van der Waals surface area contributed by atoms with Crippen molar-refractivity contribution in [1.29, 1.82) is 0 Å². The first-order valence-corrected chi connectivity index (χ1v) is 15.2. The van der Waals surface area contributed by atoms with E-state index in [1.807, 2.05) is 0 Å². The first kappa shape index (κ1) is 38.1. The van der Waals surface area contributed by atoms with Crippen molar-refractivity contribution in [3.05, 3.63) is 52.7 Å². The Morgan fingerprint density at radius 1 is 0.980 bits per heavy atom. The molecule has 50 heavy (non-hydrogen) atoms. The van der Waals surface area contributed by atoms with E-state index in [0.29, 0.717) is 25.9 Å². The van der Waals surface area contributed by atoms with Gasteiger partial charge in [0.25, 0.3) is 17.7 Å². The van der Waals surface area contributed by atoms with E-state index < -0.39 is 35.5 Å². The molecule has 0 saturated carbocycles. The van der Waals surface area contributed by atoms with Crippen LogP contribution in [0.3, 0.4) is 0 Å². The third kappa shape index (κ3) is 8.53. The molecule has 0 atom stereocenters. The van der Waals surface area contributed by atoms with Crippen LogP contribution in [0.5, 0.6) is 0 Å². The summed E-state index contributed by atoms with van der Waals surface area (Å²) in [5.41, 5.74) is -2.20. The molecule has 4 N–H and O–H groups in total. The number of benzene rings is 1. The molecule has 2 saturated heterocycles. The van der Waals surface area contributed by atoms with Crippen molar-refractivity contribution in [2.45, 2.75) is 30.8 Å². The number of imidazole rings is 1. The highest BCUT2D eigenvalue weighted by Crippen LogP contribution is 2.36. The van der Waals surface area contributed by atoms with Gasteiger partial charge in [-0.3, -0.25) is 19.1 Å². The maximum Gasteiger partial charge on any atom is 0.490 e. The van der Waals surface area contributed by atoms with Crippen LogP contribution in [0.1, 0.15) is 39.5 Å². The lowest BCUT2D eigenvalue weighted by molar-refractivity contribution is -0.192.